The lowest BCUT2D eigenvalue weighted by molar-refractivity contribution is -0.134. The van der Waals surface area contributed by atoms with Crippen molar-refractivity contribution in [2.45, 2.75) is 37.1 Å². The summed E-state index contributed by atoms with van der Waals surface area (Å²) in [7, 11) is -3.79. The van der Waals surface area contributed by atoms with Gasteiger partial charge in [-0.3, -0.25) is 14.5 Å². The van der Waals surface area contributed by atoms with Crippen LogP contribution in [0, 0.1) is 5.92 Å². The fourth-order valence-corrected chi connectivity index (χ4v) is 5.55. The van der Waals surface area contributed by atoms with Crippen molar-refractivity contribution in [3.05, 3.63) is 18.2 Å². The third-order valence-corrected chi connectivity index (χ3v) is 8.02. The van der Waals surface area contributed by atoms with Crippen LogP contribution in [-0.4, -0.2) is 80.5 Å². The topological polar surface area (TPSA) is 134 Å². The van der Waals surface area contributed by atoms with Gasteiger partial charge in [-0.2, -0.15) is 4.31 Å². The van der Waals surface area contributed by atoms with Crippen LogP contribution in [-0.2, 0) is 24.3 Å². The van der Waals surface area contributed by atoms with Crippen molar-refractivity contribution in [2.24, 2.45) is 5.92 Å². The van der Waals surface area contributed by atoms with Gasteiger partial charge >= 0.3 is 6.03 Å². The predicted octanol–water partition coefficient (Wildman–Crippen LogP) is 0.765. The van der Waals surface area contributed by atoms with Crippen LogP contribution in [0.5, 0.6) is 5.75 Å². The molecule has 0 aromatic heterocycles. The van der Waals surface area contributed by atoms with E-state index in [0.29, 0.717) is 19.8 Å². The SMILES string of the molecule is CCOc1ccc(S(=O)(=O)N2CCOCC2)cc1NC(=O)CN1C(=O)N[C@](C)(C2CC2)C1=O. The highest BCUT2D eigenvalue weighted by molar-refractivity contribution is 7.89. The third kappa shape index (κ3) is 4.55. The average molecular weight is 481 g/mol. The Bertz CT molecular complexity index is 1070. The Morgan fingerprint density at radius 2 is 1.97 bits per heavy atom. The molecule has 1 aliphatic carbocycles. The number of ether oxygens (including phenoxy) is 2. The fraction of sp³-hybridized carbons (Fsp3) is 0.571. The van der Waals surface area contributed by atoms with E-state index in [1.165, 1.54) is 22.5 Å². The van der Waals surface area contributed by atoms with Crippen LogP contribution >= 0.6 is 0 Å². The van der Waals surface area contributed by atoms with Crippen molar-refractivity contribution < 1.29 is 32.3 Å². The summed E-state index contributed by atoms with van der Waals surface area (Å²) < 4.78 is 38.1. The first-order chi connectivity index (χ1) is 15.7. The van der Waals surface area contributed by atoms with Crippen LogP contribution in [0.15, 0.2) is 23.1 Å². The molecule has 180 valence electrons. The molecule has 4 rings (SSSR count). The third-order valence-electron chi connectivity index (χ3n) is 6.13. The zero-order valence-electron chi connectivity index (χ0n) is 18.6. The molecule has 1 saturated carbocycles. The molecule has 2 saturated heterocycles. The van der Waals surface area contributed by atoms with Gasteiger partial charge in [0.05, 0.1) is 30.4 Å². The molecule has 0 unspecified atom stereocenters. The molecule has 1 aromatic carbocycles. The molecule has 1 atom stereocenters. The molecular formula is C21H28N4O7S. The standard InChI is InChI=1S/C21H28N4O7S/c1-3-32-17-7-6-15(33(29,30)24-8-10-31-11-9-24)12-16(17)22-18(26)13-25-19(27)21(2,14-4-5-14)23-20(25)28/h6-7,12,14H,3-5,8-11,13H2,1-2H3,(H,22,26)(H,23,28)/t21-/m1/s1. The van der Waals surface area contributed by atoms with Crippen LogP contribution < -0.4 is 15.4 Å². The lowest BCUT2D eigenvalue weighted by atomic mass is 9.96. The monoisotopic (exact) mass is 480 g/mol. The van der Waals surface area contributed by atoms with E-state index in [2.05, 4.69) is 10.6 Å². The van der Waals surface area contributed by atoms with E-state index in [9.17, 15) is 22.8 Å². The Morgan fingerprint density at radius 3 is 2.61 bits per heavy atom. The highest BCUT2D eigenvalue weighted by Gasteiger charge is 2.56. The largest absolute Gasteiger partial charge is 0.492 e. The van der Waals surface area contributed by atoms with Crippen LogP contribution in [0.1, 0.15) is 26.7 Å². The van der Waals surface area contributed by atoms with Gasteiger partial charge in [0, 0.05) is 13.1 Å². The zero-order chi connectivity index (χ0) is 23.8. The summed E-state index contributed by atoms with van der Waals surface area (Å²) in [6, 6.07) is 3.61. The van der Waals surface area contributed by atoms with E-state index in [4.69, 9.17) is 9.47 Å². The number of amides is 4. The molecule has 0 spiro atoms. The summed E-state index contributed by atoms with van der Waals surface area (Å²) in [5, 5.41) is 5.30. The first kappa shape index (κ1) is 23.5. The maximum Gasteiger partial charge on any atom is 0.325 e. The van der Waals surface area contributed by atoms with Gasteiger partial charge < -0.3 is 20.1 Å². The number of hydrogen-bond acceptors (Lipinski definition) is 7. The number of carbonyl (C=O) groups is 3. The van der Waals surface area contributed by atoms with Gasteiger partial charge in [-0.15, -0.1) is 0 Å². The van der Waals surface area contributed by atoms with E-state index in [-0.39, 0.29) is 35.3 Å². The highest BCUT2D eigenvalue weighted by Crippen LogP contribution is 2.42. The number of imide groups is 1. The average Bonchev–Trinajstić information content (AvgIpc) is 3.62. The van der Waals surface area contributed by atoms with Crippen LogP contribution in [0.4, 0.5) is 10.5 Å². The minimum absolute atomic E-state index is 0.000506. The molecule has 12 heteroatoms. The molecule has 2 heterocycles. The molecule has 4 amide bonds. The number of nitrogens with one attached hydrogen (secondary N) is 2. The Labute approximate surface area is 192 Å². The van der Waals surface area contributed by atoms with Crippen molar-refractivity contribution in [3.63, 3.8) is 0 Å². The van der Waals surface area contributed by atoms with E-state index >= 15 is 0 Å². The van der Waals surface area contributed by atoms with E-state index in [1.54, 1.807) is 13.8 Å². The molecule has 2 N–H and O–H groups in total. The summed E-state index contributed by atoms with van der Waals surface area (Å²) in [5.41, 5.74) is -0.840. The van der Waals surface area contributed by atoms with Crippen molar-refractivity contribution in [3.8, 4) is 5.75 Å². The number of urea groups is 1. The molecule has 3 aliphatic rings. The molecule has 1 aromatic rings. The second kappa shape index (κ2) is 8.92. The van der Waals surface area contributed by atoms with E-state index in [1.807, 2.05) is 0 Å². The smallest absolute Gasteiger partial charge is 0.325 e. The van der Waals surface area contributed by atoms with Gasteiger partial charge in [-0.1, -0.05) is 0 Å². The Kier molecular flexibility index (Phi) is 6.34. The highest BCUT2D eigenvalue weighted by atomic mass is 32.2. The van der Waals surface area contributed by atoms with Gasteiger partial charge in [-0.25, -0.2) is 13.2 Å². The fourth-order valence-electron chi connectivity index (χ4n) is 4.11. The van der Waals surface area contributed by atoms with Crippen LogP contribution in [0.25, 0.3) is 0 Å². The number of anilines is 1. The second-order valence-corrected chi connectivity index (χ2v) is 10.4. The molecular weight excluding hydrogens is 452 g/mol. The normalized spacial score (nSPS) is 24.0. The number of hydrogen-bond donors (Lipinski definition) is 2. The van der Waals surface area contributed by atoms with Crippen LogP contribution in [0.2, 0.25) is 0 Å². The van der Waals surface area contributed by atoms with Gasteiger partial charge in [0.2, 0.25) is 15.9 Å². The Hall–Kier alpha value is -2.70. The summed E-state index contributed by atoms with van der Waals surface area (Å²) in [6.45, 7) is 4.35. The summed E-state index contributed by atoms with van der Waals surface area (Å²) >= 11 is 0. The second-order valence-electron chi connectivity index (χ2n) is 8.45. The molecule has 3 fully saturated rings. The van der Waals surface area contributed by atoms with Crippen molar-refractivity contribution in [1.29, 1.82) is 0 Å². The number of rotatable bonds is 8. The Balaban J connectivity index is 1.52. The predicted molar refractivity (Wildman–Crippen MR) is 117 cm³/mol. The number of carbonyl (C=O) groups excluding carboxylic acids is 3. The van der Waals surface area contributed by atoms with Crippen molar-refractivity contribution >= 4 is 33.6 Å². The van der Waals surface area contributed by atoms with Gasteiger partial charge in [0.1, 0.15) is 17.8 Å². The molecule has 0 bridgehead atoms. The van der Waals surface area contributed by atoms with Crippen molar-refractivity contribution in [2.75, 3.05) is 44.8 Å². The molecule has 33 heavy (non-hydrogen) atoms. The zero-order valence-corrected chi connectivity index (χ0v) is 19.4. The van der Waals surface area contributed by atoms with Gasteiger partial charge in [0.15, 0.2) is 0 Å². The number of nitrogens with zero attached hydrogens (tertiary/aromatic N) is 2. The number of morpholine rings is 1. The molecule has 0 radical (unpaired) electrons. The molecule has 2 aliphatic heterocycles. The number of benzene rings is 1. The minimum Gasteiger partial charge on any atom is -0.492 e. The summed E-state index contributed by atoms with van der Waals surface area (Å²) in [5.74, 6) is -0.709. The lowest BCUT2D eigenvalue weighted by Gasteiger charge is -2.26. The van der Waals surface area contributed by atoms with Crippen LogP contribution in [0.3, 0.4) is 0 Å². The van der Waals surface area contributed by atoms with E-state index < -0.39 is 40.0 Å². The summed E-state index contributed by atoms with van der Waals surface area (Å²) in [4.78, 5) is 38.8. The van der Waals surface area contributed by atoms with Crippen molar-refractivity contribution in [1.82, 2.24) is 14.5 Å². The first-order valence-electron chi connectivity index (χ1n) is 11.0. The van der Waals surface area contributed by atoms with E-state index in [0.717, 1.165) is 17.7 Å². The maximum atomic E-state index is 13.0. The Morgan fingerprint density at radius 1 is 1.27 bits per heavy atom. The minimum atomic E-state index is -3.79. The maximum absolute atomic E-state index is 13.0. The van der Waals surface area contributed by atoms with Gasteiger partial charge in [0.25, 0.3) is 5.91 Å². The quantitative estimate of drug-likeness (QED) is 0.525. The summed E-state index contributed by atoms with van der Waals surface area (Å²) in [6.07, 6.45) is 1.70. The lowest BCUT2D eigenvalue weighted by Crippen LogP contribution is -2.46. The first-order valence-corrected chi connectivity index (χ1v) is 12.4. The molecule has 11 nitrogen and oxygen atoms in total. The van der Waals surface area contributed by atoms with Gasteiger partial charge in [-0.05, 0) is 50.8 Å². The number of sulfonamides is 1.